The predicted molar refractivity (Wildman–Crippen MR) is 95.2 cm³/mol. The lowest BCUT2D eigenvalue weighted by molar-refractivity contribution is -0.127. The number of amides is 2. The van der Waals surface area contributed by atoms with Gasteiger partial charge in [0.25, 0.3) is 5.91 Å². The maximum atomic E-state index is 12.7. The molecule has 0 saturated carbocycles. The maximum Gasteiger partial charge on any atom is 0.270 e. The van der Waals surface area contributed by atoms with Crippen molar-refractivity contribution in [2.24, 2.45) is 17.6 Å². The highest BCUT2D eigenvalue weighted by Crippen LogP contribution is 2.37. The van der Waals surface area contributed by atoms with Crippen molar-refractivity contribution in [2.45, 2.75) is 25.4 Å². The minimum Gasteiger partial charge on any atom is -0.364 e. The van der Waals surface area contributed by atoms with E-state index >= 15 is 0 Å². The topological polar surface area (TPSA) is 106 Å². The lowest BCUT2D eigenvalue weighted by Gasteiger charge is -2.49. The molecule has 1 unspecified atom stereocenters. The number of nitrogens with two attached hydrogens (primary N) is 1. The van der Waals surface area contributed by atoms with Crippen LogP contribution in [0.15, 0.2) is 36.5 Å². The van der Waals surface area contributed by atoms with Crippen LogP contribution in [-0.2, 0) is 11.3 Å². The van der Waals surface area contributed by atoms with Gasteiger partial charge in [-0.25, -0.2) is 0 Å². The van der Waals surface area contributed by atoms with Crippen molar-refractivity contribution < 1.29 is 9.59 Å². The fourth-order valence-electron chi connectivity index (χ4n) is 4.10. The second-order valence-electron chi connectivity index (χ2n) is 7.09. The number of para-hydroxylation sites is 1. The van der Waals surface area contributed by atoms with E-state index in [-0.39, 0.29) is 17.5 Å². The van der Waals surface area contributed by atoms with Crippen molar-refractivity contribution in [3.8, 4) is 0 Å². The third-order valence-electron chi connectivity index (χ3n) is 5.45. The number of hydrogen-bond donors (Lipinski definition) is 2. The molecule has 1 aromatic heterocycles. The van der Waals surface area contributed by atoms with Crippen molar-refractivity contribution in [3.63, 3.8) is 0 Å². The summed E-state index contributed by atoms with van der Waals surface area (Å²) in [4.78, 5) is 26.2. The standard InChI is InChI=1S/C18H22N6O2/c19-17(25)16-11-24(22-21-16)9-14-8-12-6-7-23(14)10-15(12)18(26)20-13-4-2-1-3-5-13/h1-5,11-12,14-15H,6-10H2,(H2,19,25)(H,20,26)/t12-,14+,15+/m0/s1. The average Bonchev–Trinajstić information content (AvgIpc) is 3.12. The number of carbonyl (C=O) groups excluding carboxylic acids is 2. The van der Waals surface area contributed by atoms with Gasteiger partial charge in [-0.3, -0.25) is 19.2 Å². The van der Waals surface area contributed by atoms with E-state index in [1.165, 1.54) is 0 Å². The SMILES string of the molecule is NC(=O)c1cn(C[C@H]2C[C@@H]3CCN2C[C@H]3C(=O)Nc2ccccc2)nn1. The number of primary amides is 1. The minimum atomic E-state index is -0.570. The molecule has 8 heteroatoms. The summed E-state index contributed by atoms with van der Waals surface area (Å²) in [6.45, 7) is 2.40. The second-order valence-corrected chi connectivity index (χ2v) is 7.09. The van der Waals surface area contributed by atoms with Crippen LogP contribution in [0.25, 0.3) is 0 Å². The van der Waals surface area contributed by atoms with Crippen molar-refractivity contribution in [2.75, 3.05) is 18.4 Å². The van der Waals surface area contributed by atoms with Gasteiger partial charge in [-0.1, -0.05) is 23.4 Å². The summed E-state index contributed by atoms with van der Waals surface area (Å²) in [5.74, 6) is -0.0922. The van der Waals surface area contributed by atoms with Gasteiger partial charge in [-0.2, -0.15) is 0 Å². The average molecular weight is 354 g/mol. The summed E-state index contributed by atoms with van der Waals surface area (Å²) in [6, 6.07) is 9.88. The van der Waals surface area contributed by atoms with E-state index in [1.54, 1.807) is 10.9 Å². The first-order valence-electron chi connectivity index (χ1n) is 8.90. The Morgan fingerprint density at radius 1 is 1.27 bits per heavy atom. The molecular formula is C18H22N6O2. The Hall–Kier alpha value is -2.74. The Morgan fingerprint density at radius 2 is 2.08 bits per heavy atom. The number of piperidine rings is 3. The third-order valence-corrected chi connectivity index (χ3v) is 5.45. The molecule has 3 N–H and O–H groups in total. The molecule has 3 aliphatic heterocycles. The molecular weight excluding hydrogens is 332 g/mol. The molecule has 4 heterocycles. The normalized spacial score (nSPS) is 27.2. The monoisotopic (exact) mass is 354 g/mol. The molecule has 0 radical (unpaired) electrons. The molecule has 3 fully saturated rings. The van der Waals surface area contributed by atoms with Gasteiger partial charge >= 0.3 is 0 Å². The Kier molecular flexibility index (Phi) is 4.42. The highest BCUT2D eigenvalue weighted by molar-refractivity contribution is 5.93. The molecule has 8 nitrogen and oxygen atoms in total. The van der Waals surface area contributed by atoms with E-state index < -0.39 is 5.91 Å². The predicted octanol–water partition coefficient (Wildman–Crippen LogP) is 0.726. The van der Waals surface area contributed by atoms with Crippen molar-refractivity contribution >= 4 is 17.5 Å². The summed E-state index contributed by atoms with van der Waals surface area (Å²) < 4.78 is 1.67. The van der Waals surface area contributed by atoms with Crippen LogP contribution in [0.5, 0.6) is 0 Å². The molecule has 0 aliphatic carbocycles. The number of hydrogen-bond acceptors (Lipinski definition) is 5. The van der Waals surface area contributed by atoms with E-state index in [2.05, 4.69) is 20.5 Å². The van der Waals surface area contributed by atoms with Crippen LogP contribution in [0.3, 0.4) is 0 Å². The molecule has 3 saturated heterocycles. The molecule has 2 aromatic rings. The van der Waals surface area contributed by atoms with E-state index in [1.807, 2.05) is 30.3 Å². The minimum absolute atomic E-state index is 0.0112. The number of anilines is 1. The number of nitrogens with one attached hydrogen (secondary N) is 1. The number of fused-ring (bicyclic) bond motifs is 3. The van der Waals surface area contributed by atoms with E-state index in [0.29, 0.717) is 18.5 Å². The molecule has 0 spiro atoms. The zero-order valence-corrected chi connectivity index (χ0v) is 14.4. The zero-order chi connectivity index (χ0) is 18.1. The van der Waals surface area contributed by atoms with Crippen LogP contribution >= 0.6 is 0 Å². The zero-order valence-electron chi connectivity index (χ0n) is 14.4. The van der Waals surface area contributed by atoms with E-state index in [0.717, 1.165) is 31.6 Å². The Bertz CT molecular complexity index is 805. The molecule has 136 valence electrons. The first-order valence-corrected chi connectivity index (χ1v) is 8.90. The van der Waals surface area contributed by atoms with Crippen molar-refractivity contribution in [1.82, 2.24) is 19.9 Å². The smallest absolute Gasteiger partial charge is 0.270 e. The Labute approximate surface area is 151 Å². The van der Waals surface area contributed by atoms with Gasteiger partial charge < -0.3 is 11.1 Å². The molecule has 3 aliphatic rings. The van der Waals surface area contributed by atoms with Crippen LogP contribution in [0.1, 0.15) is 23.3 Å². The largest absolute Gasteiger partial charge is 0.364 e. The maximum absolute atomic E-state index is 12.7. The van der Waals surface area contributed by atoms with Crippen molar-refractivity contribution in [1.29, 1.82) is 0 Å². The lowest BCUT2D eigenvalue weighted by Crippen LogP contribution is -2.57. The van der Waals surface area contributed by atoms with Gasteiger partial charge in [0.15, 0.2) is 5.69 Å². The van der Waals surface area contributed by atoms with Gasteiger partial charge in [0.2, 0.25) is 5.91 Å². The number of rotatable bonds is 5. The highest BCUT2D eigenvalue weighted by Gasteiger charge is 2.43. The van der Waals surface area contributed by atoms with Crippen LogP contribution in [0, 0.1) is 11.8 Å². The van der Waals surface area contributed by atoms with Gasteiger partial charge in [0.1, 0.15) is 0 Å². The fraction of sp³-hybridized carbons (Fsp3) is 0.444. The summed E-state index contributed by atoms with van der Waals surface area (Å²) in [5, 5.41) is 10.8. The van der Waals surface area contributed by atoms with Crippen molar-refractivity contribution in [3.05, 3.63) is 42.2 Å². The fourth-order valence-corrected chi connectivity index (χ4v) is 4.10. The number of aromatic nitrogens is 3. The van der Waals surface area contributed by atoms with Crippen LogP contribution < -0.4 is 11.1 Å². The molecule has 26 heavy (non-hydrogen) atoms. The number of carbonyl (C=O) groups is 2. The quantitative estimate of drug-likeness (QED) is 0.823. The first-order chi connectivity index (χ1) is 12.6. The number of benzene rings is 1. The Balaban J connectivity index is 1.39. The molecule has 5 rings (SSSR count). The summed E-state index contributed by atoms with van der Waals surface area (Å²) >= 11 is 0. The number of nitrogens with zero attached hydrogens (tertiary/aromatic N) is 4. The van der Waals surface area contributed by atoms with Gasteiger partial charge in [-0.15, -0.1) is 5.10 Å². The molecule has 2 bridgehead atoms. The van der Waals surface area contributed by atoms with Gasteiger partial charge in [0, 0.05) is 18.3 Å². The molecule has 2 amide bonds. The third kappa shape index (κ3) is 3.32. The first kappa shape index (κ1) is 16.7. The lowest BCUT2D eigenvalue weighted by atomic mass is 9.75. The van der Waals surface area contributed by atoms with E-state index in [4.69, 9.17) is 5.73 Å². The second kappa shape index (κ2) is 6.87. The van der Waals surface area contributed by atoms with Gasteiger partial charge in [-0.05, 0) is 37.4 Å². The van der Waals surface area contributed by atoms with Gasteiger partial charge in [0.05, 0.1) is 18.7 Å². The highest BCUT2D eigenvalue weighted by atomic mass is 16.2. The summed E-state index contributed by atoms with van der Waals surface area (Å²) in [5.41, 5.74) is 6.25. The van der Waals surface area contributed by atoms with Crippen LogP contribution in [-0.4, -0.2) is 50.8 Å². The van der Waals surface area contributed by atoms with Crippen LogP contribution in [0.2, 0.25) is 0 Å². The van der Waals surface area contributed by atoms with Crippen LogP contribution in [0.4, 0.5) is 5.69 Å². The van der Waals surface area contributed by atoms with E-state index in [9.17, 15) is 9.59 Å². The molecule has 4 atom stereocenters. The summed E-state index contributed by atoms with van der Waals surface area (Å²) in [7, 11) is 0. The molecule has 1 aromatic carbocycles. The Morgan fingerprint density at radius 3 is 2.73 bits per heavy atom. The summed E-state index contributed by atoms with van der Waals surface area (Å²) in [6.07, 6.45) is 3.57.